The molecule has 0 aromatic carbocycles. The number of hydrogen-bond acceptors (Lipinski definition) is 3. The van der Waals surface area contributed by atoms with Crippen LogP contribution in [-0.4, -0.2) is 29.4 Å². The number of amides is 1. The van der Waals surface area contributed by atoms with Gasteiger partial charge >= 0.3 is 0 Å². The first kappa shape index (κ1) is 12.2. The summed E-state index contributed by atoms with van der Waals surface area (Å²) in [6, 6.07) is 0. The van der Waals surface area contributed by atoms with Crippen molar-refractivity contribution in [1.82, 2.24) is 5.32 Å². The zero-order valence-corrected chi connectivity index (χ0v) is 9.16. The molecule has 0 aliphatic heterocycles. The minimum absolute atomic E-state index is 0.0528. The van der Waals surface area contributed by atoms with Crippen LogP contribution < -0.4 is 5.32 Å². The van der Waals surface area contributed by atoms with Gasteiger partial charge in [0, 0.05) is 12.5 Å². The van der Waals surface area contributed by atoms with E-state index in [9.17, 15) is 14.7 Å². The Morgan fingerprint density at radius 3 is 2.60 bits per heavy atom. The number of aliphatic hydroxyl groups excluding tert-OH is 1. The molecule has 0 aromatic heterocycles. The van der Waals surface area contributed by atoms with Crippen molar-refractivity contribution in [1.29, 1.82) is 0 Å². The van der Waals surface area contributed by atoms with Crippen molar-refractivity contribution in [2.45, 2.75) is 45.1 Å². The van der Waals surface area contributed by atoms with E-state index in [0.717, 1.165) is 25.7 Å². The lowest BCUT2D eigenvalue weighted by atomic mass is 9.86. The van der Waals surface area contributed by atoms with Gasteiger partial charge in [0.1, 0.15) is 5.78 Å². The van der Waals surface area contributed by atoms with E-state index in [1.54, 1.807) is 0 Å². The quantitative estimate of drug-likeness (QED) is 0.673. The van der Waals surface area contributed by atoms with Crippen molar-refractivity contribution >= 4 is 11.7 Å². The summed E-state index contributed by atoms with van der Waals surface area (Å²) in [5, 5.41) is 12.3. The average molecular weight is 213 g/mol. The first-order valence-corrected chi connectivity index (χ1v) is 5.54. The maximum absolute atomic E-state index is 11.2. The molecule has 0 bridgehead atoms. The number of nitrogens with one attached hydrogen (secondary N) is 1. The second-order valence-corrected chi connectivity index (χ2v) is 4.29. The summed E-state index contributed by atoms with van der Waals surface area (Å²) in [5.41, 5.74) is 0. The van der Waals surface area contributed by atoms with Crippen molar-refractivity contribution in [2.24, 2.45) is 5.92 Å². The first-order chi connectivity index (χ1) is 7.09. The molecule has 0 aromatic rings. The highest BCUT2D eigenvalue weighted by Gasteiger charge is 2.23. The summed E-state index contributed by atoms with van der Waals surface area (Å²) < 4.78 is 0. The van der Waals surface area contributed by atoms with Crippen LogP contribution in [0.1, 0.15) is 39.0 Å². The van der Waals surface area contributed by atoms with Crippen LogP contribution in [0.3, 0.4) is 0 Å². The summed E-state index contributed by atoms with van der Waals surface area (Å²) in [6.45, 7) is 1.89. The Labute approximate surface area is 90.0 Å². The lowest BCUT2D eigenvalue weighted by Crippen LogP contribution is -2.37. The number of Topliss-reactive ketones (excluding diaryl/α,β-unsaturated/α-hetero) is 1. The Hall–Kier alpha value is -0.900. The van der Waals surface area contributed by atoms with Gasteiger partial charge in [0.2, 0.25) is 5.91 Å². The fraction of sp³-hybridized carbons (Fsp3) is 0.818. The predicted octanol–water partition coefficient (Wildman–Crippen LogP) is 0.633. The molecule has 1 aliphatic carbocycles. The molecule has 0 saturated heterocycles. The van der Waals surface area contributed by atoms with Gasteiger partial charge in [-0.15, -0.1) is 0 Å². The van der Waals surface area contributed by atoms with Gasteiger partial charge in [0.25, 0.3) is 0 Å². The van der Waals surface area contributed by atoms with Crippen LogP contribution in [0, 0.1) is 5.92 Å². The highest BCUT2D eigenvalue weighted by Crippen LogP contribution is 2.23. The Morgan fingerprint density at radius 2 is 2.00 bits per heavy atom. The van der Waals surface area contributed by atoms with E-state index in [1.807, 2.05) is 0 Å². The van der Waals surface area contributed by atoms with Crippen molar-refractivity contribution in [3.05, 3.63) is 0 Å². The van der Waals surface area contributed by atoms with Crippen LogP contribution >= 0.6 is 0 Å². The third-order valence-corrected chi connectivity index (χ3v) is 2.84. The Bertz CT molecular complexity index is 240. The van der Waals surface area contributed by atoms with Gasteiger partial charge in [0.15, 0.2) is 0 Å². The monoisotopic (exact) mass is 213 g/mol. The van der Waals surface area contributed by atoms with E-state index in [2.05, 4.69) is 5.32 Å². The summed E-state index contributed by atoms with van der Waals surface area (Å²) in [7, 11) is 0. The second-order valence-electron chi connectivity index (χ2n) is 4.29. The summed E-state index contributed by atoms with van der Waals surface area (Å²) in [6.07, 6.45) is 3.62. The number of rotatable bonds is 4. The molecule has 2 atom stereocenters. The third-order valence-electron chi connectivity index (χ3n) is 2.84. The van der Waals surface area contributed by atoms with E-state index in [1.165, 1.54) is 6.92 Å². The molecule has 4 nitrogen and oxygen atoms in total. The fourth-order valence-corrected chi connectivity index (χ4v) is 1.96. The van der Waals surface area contributed by atoms with Gasteiger partial charge in [-0.2, -0.15) is 0 Å². The van der Waals surface area contributed by atoms with Crippen molar-refractivity contribution < 1.29 is 14.7 Å². The standard InChI is InChI=1S/C11H19NO3/c1-8(13)6-11(15)12-7-9-4-2-3-5-10(9)14/h9-10,14H,2-7H2,1H3,(H,12,15). The normalized spacial score (nSPS) is 26.0. The molecule has 1 aliphatic rings. The third kappa shape index (κ3) is 4.42. The molecule has 4 heteroatoms. The first-order valence-electron chi connectivity index (χ1n) is 5.54. The van der Waals surface area contributed by atoms with Gasteiger partial charge < -0.3 is 10.4 Å². The van der Waals surface area contributed by atoms with E-state index in [4.69, 9.17) is 0 Å². The maximum Gasteiger partial charge on any atom is 0.227 e. The Balaban J connectivity index is 2.23. The molecule has 0 heterocycles. The number of hydrogen-bond donors (Lipinski definition) is 2. The molecule has 86 valence electrons. The molecule has 1 amide bonds. The molecule has 2 unspecified atom stereocenters. The van der Waals surface area contributed by atoms with Gasteiger partial charge in [0.05, 0.1) is 12.5 Å². The molecule has 0 radical (unpaired) electrons. The molecular weight excluding hydrogens is 194 g/mol. The highest BCUT2D eigenvalue weighted by molar-refractivity contribution is 5.96. The van der Waals surface area contributed by atoms with Gasteiger partial charge in [-0.1, -0.05) is 12.8 Å². The predicted molar refractivity (Wildman–Crippen MR) is 56.3 cm³/mol. The van der Waals surface area contributed by atoms with Crippen LogP contribution in [-0.2, 0) is 9.59 Å². The van der Waals surface area contributed by atoms with Crippen LogP contribution in [0.4, 0.5) is 0 Å². The largest absolute Gasteiger partial charge is 0.393 e. The lowest BCUT2D eigenvalue weighted by molar-refractivity contribution is -0.127. The van der Waals surface area contributed by atoms with E-state index in [-0.39, 0.29) is 30.1 Å². The number of aliphatic hydroxyl groups is 1. The second kappa shape index (κ2) is 5.85. The maximum atomic E-state index is 11.2. The smallest absolute Gasteiger partial charge is 0.227 e. The zero-order valence-electron chi connectivity index (χ0n) is 9.16. The van der Waals surface area contributed by atoms with Gasteiger partial charge in [-0.3, -0.25) is 9.59 Å². The van der Waals surface area contributed by atoms with Crippen LogP contribution in [0.25, 0.3) is 0 Å². The highest BCUT2D eigenvalue weighted by atomic mass is 16.3. The summed E-state index contributed by atoms with van der Waals surface area (Å²) in [4.78, 5) is 21.8. The minimum Gasteiger partial charge on any atom is -0.393 e. The summed E-state index contributed by atoms with van der Waals surface area (Å²) >= 11 is 0. The van der Waals surface area contributed by atoms with Crippen LogP contribution in [0.2, 0.25) is 0 Å². The topological polar surface area (TPSA) is 66.4 Å². The number of carbonyl (C=O) groups is 2. The molecule has 2 N–H and O–H groups in total. The SMILES string of the molecule is CC(=O)CC(=O)NCC1CCCCC1O. The molecule has 0 spiro atoms. The lowest BCUT2D eigenvalue weighted by Gasteiger charge is -2.27. The average Bonchev–Trinajstić information content (AvgIpc) is 2.15. The fourth-order valence-electron chi connectivity index (χ4n) is 1.96. The molecule has 1 fully saturated rings. The number of carbonyl (C=O) groups excluding carboxylic acids is 2. The molecule has 1 saturated carbocycles. The van der Waals surface area contributed by atoms with Crippen molar-refractivity contribution in [3.63, 3.8) is 0 Å². The molecule has 15 heavy (non-hydrogen) atoms. The Kier molecular flexibility index (Phi) is 4.75. The number of ketones is 1. The zero-order chi connectivity index (χ0) is 11.3. The van der Waals surface area contributed by atoms with E-state index >= 15 is 0 Å². The van der Waals surface area contributed by atoms with Crippen LogP contribution in [0.15, 0.2) is 0 Å². The van der Waals surface area contributed by atoms with E-state index < -0.39 is 0 Å². The minimum atomic E-state index is -0.295. The van der Waals surface area contributed by atoms with Gasteiger partial charge in [-0.05, 0) is 19.8 Å². The molecular formula is C11H19NO3. The van der Waals surface area contributed by atoms with Crippen molar-refractivity contribution in [2.75, 3.05) is 6.54 Å². The van der Waals surface area contributed by atoms with Crippen molar-refractivity contribution in [3.8, 4) is 0 Å². The molecule has 1 rings (SSSR count). The van der Waals surface area contributed by atoms with Crippen LogP contribution in [0.5, 0.6) is 0 Å². The summed E-state index contributed by atoms with van der Waals surface area (Å²) in [5.74, 6) is -0.202. The van der Waals surface area contributed by atoms with E-state index in [0.29, 0.717) is 6.54 Å². The Morgan fingerprint density at radius 1 is 1.33 bits per heavy atom. The van der Waals surface area contributed by atoms with Gasteiger partial charge in [-0.25, -0.2) is 0 Å².